The first-order valence-corrected chi connectivity index (χ1v) is 5.83. The van der Waals surface area contributed by atoms with Gasteiger partial charge in [-0.2, -0.15) is 0 Å². The Hall–Kier alpha value is -1.92. The smallest absolute Gasteiger partial charge is 0.331 e. The summed E-state index contributed by atoms with van der Waals surface area (Å²) in [6.07, 6.45) is 2.25. The summed E-state index contributed by atoms with van der Waals surface area (Å²) >= 11 is 0. The van der Waals surface area contributed by atoms with Crippen molar-refractivity contribution in [3.63, 3.8) is 0 Å². The van der Waals surface area contributed by atoms with Crippen molar-refractivity contribution in [1.29, 1.82) is 0 Å². The second-order valence-electron chi connectivity index (χ2n) is 4.56. The molecule has 4 atom stereocenters. The third-order valence-corrected chi connectivity index (χ3v) is 3.30. The average molecular weight is 282 g/mol. The van der Waals surface area contributed by atoms with Crippen LogP contribution in [0.15, 0.2) is 15.8 Å². The third kappa shape index (κ3) is 1.88. The van der Waals surface area contributed by atoms with Crippen LogP contribution >= 0.6 is 0 Å². The molecule has 0 unspecified atom stereocenters. The summed E-state index contributed by atoms with van der Waals surface area (Å²) in [7, 11) is 0. The average Bonchev–Trinajstić information content (AvgIpc) is 2.68. The van der Waals surface area contributed by atoms with Crippen molar-refractivity contribution in [2.45, 2.75) is 31.0 Å². The van der Waals surface area contributed by atoms with Crippen molar-refractivity contribution >= 4 is 0 Å². The minimum Gasteiger partial charge on any atom is -0.394 e. The fourth-order valence-electron chi connectivity index (χ4n) is 2.15. The van der Waals surface area contributed by atoms with Gasteiger partial charge in [0, 0.05) is 11.8 Å². The van der Waals surface area contributed by atoms with Gasteiger partial charge in [-0.25, -0.2) is 4.79 Å². The molecule has 0 bridgehead atoms. The van der Waals surface area contributed by atoms with Gasteiger partial charge in [0.25, 0.3) is 5.56 Å². The fraction of sp³-hybridized carbons (Fsp3) is 0.500. The molecule has 1 aromatic rings. The summed E-state index contributed by atoms with van der Waals surface area (Å²) in [5.41, 5.74) is -3.29. The van der Waals surface area contributed by atoms with Crippen LogP contribution in [0.1, 0.15) is 5.56 Å². The number of ether oxygens (including phenoxy) is 1. The molecule has 20 heavy (non-hydrogen) atoms. The van der Waals surface area contributed by atoms with Gasteiger partial charge in [0.05, 0.1) is 6.61 Å². The molecule has 0 aromatic carbocycles. The molecule has 2 heterocycles. The number of hydrogen-bond acceptors (Lipinski definition) is 6. The number of terminal acetylenes is 1. The van der Waals surface area contributed by atoms with E-state index in [1.807, 2.05) is 4.98 Å². The quantitative estimate of drug-likeness (QED) is 0.436. The molecule has 1 saturated heterocycles. The molecule has 1 aromatic heterocycles. The minimum atomic E-state index is -1.99. The van der Waals surface area contributed by atoms with E-state index in [-0.39, 0.29) is 5.56 Å². The number of aromatic amines is 1. The Kier molecular flexibility index (Phi) is 3.54. The number of rotatable bonds is 2. The second-order valence-corrected chi connectivity index (χ2v) is 4.56. The first kappa shape index (κ1) is 14.5. The van der Waals surface area contributed by atoms with E-state index in [0.717, 1.165) is 10.8 Å². The van der Waals surface area contributed by atoms with Crippen LogP contribution in [0.5, 0.6) is 0 Å². The van der Waals surface area contributed by atoms with Gasteiger partial charge in [-0.3, -0.25) is 14.3 Å². The predicted molar refractivity (Wildman–Crippen MR) is 66.8 cm³/mol. The zero-order chi connectivity index (χ0) is 15.1. The maximum absolute atomic E-state index is 11.9. The van der Waals surface area contributed by atoms with Gasteiger partial charge >= 0.3 is 5.69 Å². The van der Waals surface area contributed by atoms with Crippen LogP contribution in [0.4, 0.5) is 0 Å². The second kappa shape index (κ2) is 4.88. The van der Waals surface area contributed by atoms with Gasteiger partial charge in [0.2, 0.25) is 5.72 Å². The largest absolute Gasteiger partial charge is 0.394 e. The summed E-state index contributed by atoms with van der Waals surface area (Å²) in [6, 6.07) is 0. The SMILES string of the molecule is C#C[C@@]1(n2cc(C)c(=O)[nH]c2=O)O[C@H](CO)[C@@H](O)[C@H]1O. The van der Waals surface area contributed by atoms with Crippen LogP contribution in [-0.4, -0.2) is 49.8 Å². The van der Waals surface area contributed by atoms with Crippen molar-refractivity contribution < 1.29 is 20.1 Å². The minimum absolute atomic E-state index is 0.178. The van der Waals surface area contributed by atoms with Gasteiger partial charge in [0.15, 0.2) is 0 Å². The molecular formula is C12H14N2O6. The number of nitrogens with one attached hydrogen (secondary N) is 1. The lowest BCUT2D eigenvalue weighted by Gasteiger charge is -2.28. The summed E-state index contributed by atoms with van der Waals surface area (Å²) in [5, 5.41) is 28.9. The molecular weight excluding hydrogens is 268 g/mol. The summed E-state index contributed by atoms with van der Waals surface area (Å²) in [4.78, 5) is 25.3. The summed E-state index contributed by atoms with van der Waals surface area (Å²) in [5.74, 6) is 2.12. The normalized spacial score (nSPS) is 33.0. The Morgan fingerprint density at radius 2 is 2.20 bits per heavy atom. The maximum Gasteiger partial charge on any atom is 0.331 e. The highest BCUT2D eigenvalue weighted by molar-refractivity contribution is 5.17. The predicted octanol–water partition coefficient (Wildman–Crippen LogP) is -2.76. The van der Waals surface area contributed by atoms with Crippen molar-refractivity contribution in [2.75, 3.05) is 6.61 Å². The van der Waals surface area contributed by atoms with Crippen LogP contribution in [0, 0.1) is 19.3 Å². The molecule has 4 N–H and O–H groups in total. The van der Waals surface area contributed by atoms with Crippen molar-refractivity contribution in [2.24, 2.45) is 0 Å². The van der Waals surface area contributed by atoms with Crippen LogP contribution in [-0.2, 0) is 10.5 Å². The van der Waals surface area contributed by atoms with Crippen molar-refractivity contribution in [3.8, 4) is 12.3 Å². The summed E-state index contributed by atoms with van der Waals surface area (Å²) < 4.78 is 6.12. The fourth-order valence-corrected chi connectivity index (χ4v) is 2.15. The number of hydrogen-bond donors (Lipinski definition) is 4. The molecule has 0 radical (unpaired) electrons. The van der Waals surface area contributed by atoms with Crippen LogP contribution < -0.4 is 11.2 Å². The molecule has 0 amide bonds. The van der Waals surface area contributed by atoms with E-state index >= 15 is 0 Å². The maximum atomic E-state index is 11.9. The van der Waals surface area contributed by atoms with Gasteiger partial charge < -0.3 is 20.1 Å². The molecule has 1 fully saturated rings. The van der Waals surface area contributed by atoms with E-state index in [1.165, 1.54) is 6.92 Å². The number of aromatic nitrogens is 2. The van der Waals surface area contributed by atoms with E-state index in [1.54, 1.807) is 0 Å². The molecule has 0 aliphatic carbocycles. The number of nitrogens with zero attached hydrogens (tertiary/aromatic N) is 1. The van der Waals surface area contributed by atoms with Crippen LogP contribution in [0.2, 0.25) is 0 Å². The molecule has 1 aliphatic heterocycles. The lowest BCUT2D eigenvalue weighted by atomic mass is 10.0. The van der Waals surface area contributed by atoms with E-state index in [4.69, 9.17) is 16.3 Å². The lowest BCUT2D eigenvalue weighted by molar-refractivity contribution is -0.107. The Morgan fingerprint density at radius 3 is 2.70 bits per heavy atom. The zero-order valence-electron chi connectivity index (χ0n) is 10.6. The van der Waals surface area contributed by atoms with Gasteiger partial charge in [-0.1, -0.05) is 0 Å². The zero-order valence-corrected chi connectivity index (χ0v) is 10.6. The number of aryl methyl sites for hydroxylation is 1. The number of aliphatic hydroxyl groups excluding tert-OH is 3. The molecule has 0 saturated carbocycles. The van der Waals surface area contributed by atoms with Crippen LogP contribution in [0.25, 0.3) is 0 Å². The number of H-pyrrole nitrogens is 1. The molecule has 2 rings (SSSR count). The van der Waals surface area contributed by atoms with E-state index in [9.17, 15) is 19.8 Å². The third-order valence-electron chi connectivity index (χ3n) is 3.30. The standard InChI is InChI=1S/C12H14N2O6/c1-3-12(9(17)8(16)7(5-15)20-12)14-4-6(2)10(18)13-11(14)19/h1,4,7-9,15-17H,5H2,2H3,(H,13,18,19)/t7-,8-,9-,12-/m1/s1. The highest BCUT2D eigenvalue weighted by Crippen LogP contribution is 2.34. The monoisotopic (exact) mass is 282 g/mol. The number of aliphatic hydroxyl groups is 3. The highest BCUT2D eigenvalue weighted by atomic mass is 16.6. The van der Waals surface area contributed by atoms with Gasteiger partial charge in [0.1, 0.15) is 18.3 Å². The Balaban J connectivity index is 2.65. The molecule has 8 nitrogen and oxygen atoms in total. The Bertz CT molecular complexity index is 672. The Morgan fingerprint density at radius 1 is 1.55 bits per heavy atom. The summed E-state index contributed by atoms with van der Waals surface area (Å²) in [6.45, 7) is 0.860. The molecule has 8 heteroatoms. The van der Waals surface area contributed by atoms with Gasteiger partial charge in [-0.15, -0.1) is 6.42 Å². The van der Waals surface area contributed by atoms with Crippen molar-refractivity contribution in [3.05, 3.63) is 32.6 Å². The molecule has 0 spiro atoms. The topological polar surface area (TPSA) is 125 Å². The van der Waals surface area contributed by atoms with E-state index < -0.39 is 41.9 Å². The van der Waals surface area contributed by atoms with E-state index in [2.05, 4.69) is 5.92 Å². The molecule has 108 valence electrons. The van der Waals surface area contributed by atoms with Crippen LogP contribution in [0.3, 0.4) is 0 Å². The van der Waals surface area contributed by atoms with Crippen molar-refractivity contribution in [1.82, 2.24) is 9.55 Å². The highest BCUT2D eigenvalue weighted by Gasteiger charge is 2.55. The van der Waals surface area contributed by atoms with E-state index in [0.29, 0.717) is 0 Å². The Labute approximate surface area is 113 Å². The lowest BCUT2D eigenvalue weighted by Crippen LogP contribution is -2.51. The molecule has 1 aliphatic rings. The first-order chi connectivity index (χ1) is 9.37. The van der Waals surface area contributed by atoms with Gasteiger partial charge in [-0.05, 0) is 12.8 Å². The first-order valence-electron chi connectivity index (χ1n) is 5.83.